The van der Waals surface area contributed by atoms with E-state index in [9.17, 15) is 9.59 Å². The molecule has 5 rings (SSSR count). The molecule has 0 saturated carbocycles. The number of carbonyl (C=O) groups is 1. The summed E-state index contributed by atoms with van der Waals surface area (Å²) in [6.45, 7) is 2.31. The molecular weight excluding hydrogens is 446 g/mol. The zero-order valence-corrected chi connectivity index (χ0v) is 18.8. The summed E-state index contributed by atoms with van der Waals surface area (Å²) in [6.07, 6.45) is 1.64. The molecule has 0 atom stereocenters. The first-order chi connectivity index (χ1) is 17.1. The number of fused-ring (bicyclic) bond motifs is 1. The van der Waals surface area contributed by atoms with Gasteiger partial charge in [0.2, 0.25) is 11.7 Å². The van der Waals surface area contributed by atoms with Crippen molar-refractivity contribution in [2.75, 3.05) is 11.9 Å². The molecular formula is C26H21N5O4. The first-order valence-corrected chi connectivity index (χ1v) is 11.0. The van der Waals surface area contributed by atoms with Crippen LogP contribution in [0, 0.1) is 0 Å². The summed E-state index contributed by atoms with van der Waals surface area (Å²) in [5.41, 5.74) is 1.88. The average Bonchev–Trinajstić information content (AvgIpc) is 3.38. The molecule has 3 heterocycles. The minimum atomic E-state index is -0.363. The van der Waals surface area contributed by atoms with Crippen LogP contribution in [0.1, 0.15) is 6.92 Å². The Labute approximate surface area is 200 Å². The highest BCUT2D eigenvalue weighted by Gasteiger charge is 2.18. The highest BCUT2D eigenvalue weighted by molar-refractivity contribution is 5.95. The Kier molecular flexibility index (Phi) is 6.04. The third kappa shape index (κ3) is 4.65. The zero-order chi connectivity index (χ0) is 24.2. The number of hydrogen-bond acceptors (Lipinski definition) is 7. The number of hydrogen-bond donors (Lipinski definition) is 1. The standard InChI is InChI=1S/C26H21N5O4/c1-2-34-18-12-10-17(11-13-18)28-23(32)16-31-22-9-4-3-7-19(22)20(15-24(31)33)26-29-25(30-35-26)21-8-5-6-14-27-21/h3-15H,2,16H2,1H3,(H,28,32). The Balaban J connectivity index is 1.45. The van der Waals surface area contributed by atoms with E-state index in [2.05, 4.69) is 20.4 Å². The lowest BCUT2D eigenvalue weighted by Gasteiger charge is -2.12. The van der Waals surface area contributed by atoms with Crippen LogP contribution in [0.25, 0.3) is 33.9 Å². The Hall–Kier alpha value is -4.79. The molecule has 0 aliphatic rings. The third-order valence-electron chi connectivity index (χ3n) is 5.32. The molecule has 9 heteroatoms. The summed E-state index contributed by atoms with van der Waals surface area (Å²) in [4.78, 5) is 34.5. The van der Waals surface area contributed by atoms with Crippen LogP contribution in [-0.2, 0) is 11.3 Å². The Morgan fingerprint density at radius 2 is 1.86 bits per heavy atom. The molecule has 0 aliphatic carbocycles. The maximum atomic E-state index is 13.1. The van der Waals surface area contributed by atoms with E-state index in [0.717, 1.165) is 5.75 Å². The van der Waals surface area contributed by atoms with Crippen LogP contribution < -0.4 is 15.6 Å². The third-order valence-corrected chi connectivity index (χ3v) is 5.32. The van der Waals surface area contributed by atoms with E-state index in [-0.39, 0.29) is 23.9 Å². The molecule has 0 bridgehead atoms. The van der Waals surface area contributed by atoms with Crippen molar-refractivity contribution in [2.45, 2.75) is 13.5 Å². The lowest BCUT2D eigenvalue weighted by molar-refractivity contribution is -0.116. The van der Waals surface area contributed by atoms with Crippen LogP contribution in [0.15, 0.2) is 88.3 Å². The molecule has 0 unspecified atom stereocenters. The summed E-state index contributed by atoms with van der Waals surface area (Å²) in [5.74, 6) is 0.911. The molecule has 3 aromatic heterocycles. The van der Waals surface area contributed by atoms with Crippen LogP contribution >= 0.6 is 0 Å². The number of para-hydroxylation sites is 1. The van der Waals surface area contributed by atoms with E-state index in [1.54, 1.807) is 54.7 Å². The maximum absolute atomic E-state index is 13.1. The fourth-order valence-corrected chi connectivity index (χ4v) is 3.75. The van der Waals surface area contributed by atoms with Gasteiger partial charge in [0.05, 0.1) is 17.7 Å². The van der Waals surface area contributed by atoms with Crippen molar-refractivity contribution >= 4 is 22.5 Å². The SMILES string of the molecule is CCOc1ccc(NC(=O)Cn2c(=O)cc(-c3nc(-c4ccccn4)no3)c3ccccc32)cc1. The maximum Gasteiger partial charge on any atom is 0.259 e. The minimum Gasteiger partial charge on any atom is -0.494 e. The number of ether oxygens (including phenoxy) is 1. The lowest BCUT2D eigenvalue weighted by Crippen LogP contribution is -2.27. The lowest BCUT2D eigenvalue weighted by atomic mass is 10.1. The van der Waals surface area contributed by atoms with Crippen LogP contribution in [0.4, 0.5) is 5.69 Å². The van der Waals surface area contributed by atoms with Crippen LogP contribution in [-0.4, -0.2) is 32.2 Å². The first kappa shape index (κ1) is 22.0. The normalized spacial score (nSPS) is 10.9. The second-order valence-corrected chi connectivity index (χ2v) is 7.64. The van der Waals surface area contributed by atoms with Crippen molar-refractivity contribution < 1.29 is 14.1 Å². The predicted octanol–water partition coefficient (Wildman–Crippen LogP) is 4.15. The van der Waals surface area contributed by atoms with Crippen molar-refractivity contribution in [3.63, 3.8) is 0 Å². The van der Waals surface area contributed by atoms with Crippen LogP contribution in [0.2, 0.25) is 0 Å². The molecule has 0 aliphatic heterocycles. The van der Waals surface area contributed by atoms with Gasteiger partial charge in [-0.1, -0.05) is 29.4 Å². The van der Waals surface area contributed by atoms with Crippen LogP contribution in [0.3, 0.4) is 0 Å². The highest BCUT2D eigenvalue weighted by atomic mass is 16.5. The van der Waals surface area contributed by atoms with Crippen molar-refractivity contribution in [3.05, 3.63) is 89.3 Å². The van der Waals surface area contributed by atoms with Gasteiger partial charge in [0.25, 0.3) is 11.4 Å². The topological polar surface area (TPSA) is 112 Å². The molecule has 9 nitrogen and oxygen atoms in total. The second kappa shape index (κ2) is 9.60. The fraction of sp³-hybridized carbons (Fsp3) is 0.115. The van der Waals surface area contributed by atoms with E-state index in [4.69, 9.17) is 9.26 Å². The number of carbonyl (C=O) groups excluding carboxylic acids is 1. The van der Waals surface area contributed by atoms with Gasteiger partial charge in [-0.05, 0) is 49.4 Å². The molecule has 1 N–H and O–H groups in total. The number of benzene rings is 2. The predicted molar refractivity (Wildman–Crippen MR) is 131 cm³/mol. The highest BCUT2D eigenvalue weighted by Crippen LogP contribution is 2.27. The van der Waals surface area contributed by atoms with E-state index in [1.807, 2.05) is 25.1 Å². The Bertz CT molecular complexity index is 1540. The van der Waals surface area contributed by atoms with Crippen LogP contribution in [0.5, 0.6) is 5.75 Å². The number of amides is 1. The number of anilines is 1. The monoisotopic (exact) mass is 467 g/mol. The van der Waals surface area contributed by atoms with Gasteiger partial charge in [0.1, 0.15) is 18.0 Å². The van der Waals surface area contributed by atoms with Crippen molar-refractivity contribution in [1.82, 2.24) is 19.7 Å². The smallest absolute Gasteiger partial charge is 0.259 e. The summed E-state index contributed by atoms with van der Waals surface area (Å²) in [5, 5.41) is 7.53. The van der Waals surface area contributed by atoms with Crippen molar-refractivity contribution in [3.8, 4) is 28.7 Å². The number of nitrogens with zero attached hydrogens (tertiary/aromatic N) is 4. The first-order valence-electron chi connectivity index (χ1n) is 11.0. The zero-order valence-electron chi connectivity index (χ0n) is 18.8. The minimum absolute atomic E-state index is 0.157. The number of pyridine rings is 2. The van der Waals surface area contributed by atoms with Gasteiger partial charge >= 0.3 is 0 Å². The Morgan fingerprint density at radius 1 is 1.06 bits per heavy atom. The van der Waals surface area contributed by atoms with Gasteiger partial charge in [0.15, 0.2) is 0 Å². The summed E-state index contributed by atoms with van der Waals surface area (Å²) in [7, 11) is 0. The van der Waals surface area contributed by atoms with E-state index < -0.39 is 0 Å². The molecule has 0 fully saturated rings. The van der Waals surface area contributed by atoms with Gasteiger partial charge in [-0.15, -0.1) is 0 Å². The molecule has 1 amide bonds. The number of rotatable bonds is 7. The van der Waals surface area contributed by atoms with Gasteiger partial charge in [-0.3, -0.25) is 19.1 Å². The largest absolute Gasteiger partial charge is 0.494 e. The fourth-order valence-electron chi connectivity index (χ4n) is 3.75. The van der Waals surface area contributed by atoms with Gasteiger partial charge < -0.3 is 14.6 Å². The van der Waals surface area contributed by atoms with E-state index >= 15 is 0 Å². The number of nitrogens with one attached hydrogen (secondary N) is 1. The molecule has 0 saturated heterocycles. The molecule has 5 aromatic rings. The Morgan fingerprint density at radius 3 is 2.63 bits per heavy atom. The van der Waals surface area contributed by atoms with E-state index in [0.29, 0.717) is 40.3 Å². The molecule has 35 heavy (non-hydrogen) atoms. The quantitative estimate of drug-likeness (QED) is 0.383. The summed E-state index contributed by atoms with van der Waals surface area (Å²) >= 11 is 0. The summed E-state index contributed by atoms with van der Waals surface area (Å²) < 4.78 is 12.3. The molecule has 0 radical (unpaired) electrons. The molecule has 174 valence electrons. The van der Waals surface area contributed by atoms with Gasteiger partial charge in [-0.25, -0.2) is 0 Å². The van der Waals surface area contributed by atoms with Crippen molar-refractivity contribution in [1.29, 1.82) is 0 Å². The van der Waals surface area contributed by atoms with E-state index in [1.165, 1.54) is 10.6 Å². The molecule has 0 spiro atoms. The van der Waals surface area contributed by atoms with Gasteiger partial charge in [0, 0.05) is 23.3 Å². The van der Waals surface area contributed by atoms with Crippen molar-refractivity contribution in [2.24, 2.45) is 0 Å². The molecule has 2 aromatic carbocycles. The number of aromatic nitrogens is 4. The average molecular weight is 467 g/mol. The van der Waals surface area contributed by atoms with Gasteiger partial charge in [-0.2, -0.15) is 4.98 Å². The second-order valence-electron chi connectivity index (χ2n) is 7.64. The summed E-state index contributed by atoms with van der Waals surface area (Å²) in [6, 6.07) is 21.1.